The summed E-state index contributed by atoms with van der Waals surface area (Å²) < 4.78 is 32.2. The number of carbonyl (C=O) groups excluding carboxylic acids is 1. The van der Waals surface area contributed by atoms with Crippen molar-refractivity contribution in [2.75, 3.05) is 7.11 Å². The molecule has 0 bridgehead atoms. The number of nitrogens with zero attached hydrogens (tertiary/aromatic N) is 1. The number of hydrogen-bond donors (Lipinski definition) is 2. The van der Waals surface area contributed by atoms with Crippen LogP contribution in [0.2, 0.25) is 0 Å². The molecule has 0 saturated carbocycles. The SMILES string of the molecule is COc1ccccc1CNC(=O)c1csc(CNS(=O)(=O)c2cccs2)n1. The van der Waals surface area contributed by atoms with E-state index in [1.807, 2.05) is 24.3 Å². The summed E-state index contributed by atoms with van der Waals surface area (Å²) in [4.78, 5) is 16.5. The van der Waals surface area contributed by atoms with Gasteiger partial charge in [0.2, 0.25) is 10.0 Å². The number of thiazole rings is 1. The smallest absolute Gasteiger partial charge is 0.271 e. The van der Waals surface area contributed by atoms with Gasteiger partial charge in [-0.3, -0.25) is 4.79 Å². The molecule has 0 fully saturated rings. The fraction of sp³-hybridized carbons (Fsp3) is 0.176. The van der Waals surface area contributed by atoms with E-state index in [0.29, 0.717) is 17.3 Å². The molecule has 0 saturated heterocycles. The van der Waals surface area contributed by atoms with Crippen LogP contribution in [0.25, 0.3) is 0 Å². The number of methoxy groups -OCH3 is 1. The van der Waals surface area contributed by atoms with E-state index in [0.717, 1.165) is 16.9 Å². The third-order valence-electron chi connectivity index (χ3n) is 3.59. The van der Waals surface area contributed by atoms with E-state index < -0.39 is 10.0 Å². The summed E-state index contributed by atoms with van der Waals surface area (Å²) in [5.74, 6) is 0.365. The Hall–Kier alpha value is -2.27. The first kappa shape index (κ1) is 19.5. The average molecular weight is 424 g/mol. The van der Waals surface area contributed by atoms with Crippen LogP contribution in [0.3, 0.4) is 0 Å². The van der Waals surface area contributed by atoms with Crippen molar-refractivity contribution in [2.45, 2.75) is 17.3 Å². The van der Waals surface area contributed by atoms with Crippen molar-refractivity contribution >= 4 is 38.6 Å². The maximum Gasteiger partial charge on any atom is 0.271 e. The molecule has 7 nitrogen and oxygen atoms in total. The third kappa shape index (κ3) is 4.92. The van der Waals surface area contributed by atoms with Crippen LogP contribution in [0.15, 0.2) is 51.4 Å². The number of benzene rings is 1. The van der Waals surface area contributed by atoms with Crippen LogP contribution in [0.4, 0.5) is 0 Å². The Morgan fingerprint density at radius 3 is 2.70 bits per heavy atom. The van der Waals surface area contributed by atoms with Gasteiger partial charge in [0.15, 0.2) is 0 Å². The monoisotopic (exact) mass is 423 g/mol. The predicted molar refractivity (Wildman–Crippen MR) is 105 cm³/mol. The minimum atomic E-state index is -3.56. The molecule has 2 heterocycles. The summed E-state index contributed by atoms with van der Waals surface area (Å²) >= 11 is 2.37. The highest BCUT2D eigenvalue weighted by Gasteiger charge is 2.17. The van der Waals surface area contributed by atoms with E-state index in [1.165, 1.54) is 17.4 Å². The van der Waals surface area contributed by atoms with Gasteiger partial charge in [0.1, 0.15) is 20.7 Å². The fourth-order valence-electron chi connectivity index (χ4n) is 2.26. The summed E-state index contributed by atoms with van der Waals surface area (Å²) in [5, 5.41) is 6.60. The first-order chi connectivity index (χ1) is 13.0. The lowest BCUT2D eigenvalue weighted by atomic mass is 10.2. The van der Waals surface area contributed by atoms with E-state index in [4.69, 9.17) is 4.74 Å². The van der Waals surface area contributed by atoms with Gasteiger partial charge in [-0.25, -0.2) is 18.1 Å². The first-order valence-electron chi connectivity index (χ1n) is 7.87. The van der Waals surface area contributed by atoms with E-state index in [9.17, 15) is 13.2 Å². The van der Waals surface area contributed by atoms with Crippen LogP contribution in [0.1, 0.15) is 21.1 Å². The van der Waals surface area contributed by atoms with Gasteiger partial charge >= 0.3 is 0 Å². The van der Waals surface area contributed by atoms with Crippen LogP contribution < -0.4 is 14.8 Å². The number of sulfonamides is 1. The second-order valence-electron chi connectivity index (χ2n) is 5.38. The van der Waals surface area contributed by atoms with Gasteiger partial charge in [-0.1, -0.05) is 24.3 Å². The summed E-state index contributed by atoms with van der Waals surface area (Å²) in [5.41, 5.74) is 1.10. The molecule has 1 amide bonds. The summed E-state index contributed by atoms with van der Waals surface area (Å²) in [6.07, 6.45) is 0. The number of rotatable bonds is 8. The van der Waals surface area contributed by atoms with Crippen LogP contribution in [-0.2, 0) is 23.1 Å². The van der Waals surface area contributed by atoms with Gasteiger partial charge in [-0.2, -0.15) is 0 Å². The highest BCUT2D eigenvalue weighted by molar-refractivity contribution is 7.91. The van der Waals surface area contributed by atoms with Crippen LogP contribution in [0.5, 0.6) is 5.75 Å². The number of aromatic nitrogens is 1. The fourth-order valence-corrected chi connectivity index (χ4v) is 5.09. The van der Waals surface area contributed by atoms with E-state index in [2.05, 4.69) is 15.0 Å². The molecular formula is C17H17N3O4S3. The largest absolute Gasteiger partial charge is 0.496 e. The van der Waals surface area contributed by atoms with Gasteiger partial charge in [0, 0.05) is 17.5 Å². The Kier molecular flexibility index (Phi) is 6.22. The summed E-state index contributed by atoms with van der Waals surface area (Å²) in [6, 6.07) is 10.6. The lowest BCUT2D eigenvalue weighted by molar-refractivity contribution is 0.0946. The number of amides is 1. The molecule has 3 aromatic rings. The molecule has 1 aromatic carbocycles. The molecule has 142 valence electrons. The van der Waals surface area contributed by atoms with Crippen molar-refractivity contribution in [1.29, 1.82) is 0 Å². The maximum absolute atomic E-state index is 12.3. The third-order valence-corrected chi connectivity index (χ3v) is 7.24. The molecule has 0 aliphatic heterocycles. The van der Waals surface area contributed by atoms with E-state index in [-0.39, 0.29) is 22.4 Å². The van der Waals surface area contributed by atoms with Crippen molar-refractivity contribution in [2.24, 2.45) is 0 Å². The Labute approximate surface area is 165 Å². The average Bonchev–Trinajstić information content (AvgIpc) is 3.37. The predicted octanol–water partition coefficient (Wildman–Crippen LogP) is 2.62. The van der Waals surface area contributed by atoms with Crippen molar-refractivity contribution in [3.05, 3.63) is 63.4 Å². The Morgan fingerprint density at radius 1 is 1.15 bits per heavy atom. The van der Waals surface area contributed by atoms with Crippen LogP contribution in [-0.4, -0.2) is 26.4 Å². The highest BCUT2D eigenvalue weighted by atomic mass is 32.2. The van der Waals surface area contributed by atoms with Gasteiger partial charge in [0.25, 0.3) is 5.91 Å². The topological polar surface area (TPSA) is 97.4 Å². The van der Waals surface area contributed by atoms with Crippen molar-refractivity contribution in [3.8, 4) is 5.75 Å². The molecule has 0 unspecified atom stereocenters. The first-order valence-corrected chi connectivity index (χ1v) is 11.1. The quantitative estimate of drug-likeness (QED) is 0.580. The highest BCUT2D eigenvalue weighted by Crippen LogP contribution is 2.18. The van der Waals surface area contributed by atoms with Gasteiger partial charge in [-0.05, 0) is 17.5 Å². The Bertz CT molecular complexity index is 1010. The standard InChI is InChI=1S/C17H17N3O4S3/c1-24-14-6-3-2-5-12(14)9-18-17(21)13-11-26-15(20-13)10-19-27(22,23)16-7-4-8-25-16/h2-8,11,19H,9-10H2,1H3,(H,18,21). The van der Waals surface area contributed by atoms with Gasteiger partial charge < -0.3 is 10.1 Å². The van der Waals surface area contributed by atoms with E-state index in [1.54, 1.807) is 23.9 Å². The van der Waals surface area contributed by atoms with Crippen LogP contribution >= 0.6 is 22.7 Å². The molecule has 0 aliphatic carbocycles. The molecule has 0 radical (unpaired) electrons. The zero-order valence-electron chi connectivity index (χ0n) is 14.3. The Balaban J connectivity index is 1.58. The zero-order chi connectivity index (χ0) is 19.3. The lowest BCUT2D eigenvalue weighted by Crippen LogP contribution is -2.24. The maximum atomic E-state index is 12.3. The molecule has 10 heteroatoms. The summed E-state index contributed by atoms with van der Waals surface area (Å²) in [6.45, 7) is 0.339. The second-order valence-corrected chi connectivity index (χ2v) is 9.26. The van der Waals surface area contributed by atoms with E-state index >= 15 is 0 Å². The number of carbonyl (C=O) groups is 1. The molecule has 27 heavy (non-hydrogen) atoms. The molecule has 3 rings (SSSR count). The second kappa shape index (κ2) is 8.61. The number of thiophene rings is 1. The molecule has 2 aromatic heterocycles. The number of ether oxygens (including phenoxy) is 1. The minimum absolute atomic E-state index is 0.0324. The molecular weight excluding hydrogens is 406 g/mol. The number of para-hydroxylation sites is 1. The van der Waals surface area contributed by atoms with Crippen LogP contribution in [0, 0.1) is 0 Å². The molecule has 0 spiro atoms. The normalized spacial score (nSPS) is 11.3. The molecule has 0 atom stereocenters. The minimum Gasteiger partial charge on any atom is -0.496 e. The number of hydrogen-bond acceptors (Lipinski definition) is 7. The van der Waals surface area contributed by atoms with Gasteiger partial charge in [-0.15, -0.1) is 22.7 Å². The van der Waals surface area contributed by atoms with Gasteiger partial charge in [0.05, 0.1) is 13.7 Å². The van der Waals surface area contributed by atoms with Crippen molar-refractivity contribution in [3.63, 3.8) is 0 Å². The lowest BCUT2D eigenvalue weighted by Gasteiger charge is -2.08. The van der Waals surface area contributed by atoms with Crippen molar-refractivity contribution in [1.82, 2.24) is 15.0 Å². The molecule has 2 N–H and O–H groups in total. The summed E-state index contributed by atoms with van der Waals surface area (Å²) in [7, 11) is -1.99. The zero-order valence-corrected chi connectivity index (χ0v) is 16.8. The molecule has 0 aliphatic rings. The number of nitrogens with one attached hydrogen (secondary N) is 2. The Morgan fingerprint density at radius 2 is 1.96 bits per heavy atom. The van der Waals surface area contributed by atoms with Crippen molar-refractivity contribution < 1.29 is 17.9 Å².